The minimum atomic E-state index is -0.0986. The van der Waals surface area contributed by atoms with Crippen LogP contribution < -0.4 is 5.32 Å². The van der Waals surface area contributed by atoms with Crippen LogP contribution in [0.25, 0.3) is 0 Å². The molecule has 28 heavy (non-hydrogen) atoms. The first-order valence-corrected chi connectivity index (χ1v) is 10.6. The molecule has 0 aliphatic carbocycles. The Labute approximate surface area is 170 Å². The number of nitrogens with zero attached hydrogens (tertiary/aromatic N) is 1. The van der Waals surface area contributed by atoms with Gasteiger partial charge in [0.1, 0.15) is 11.1 Å². The molecular weight excluding hydrogens is 372 g/mol. The summed E-state index contributed by atoms with van der Waals surface area (Å²) in [5.41, 5.74) is 2.46. The van der Waals surface area contributed by atoms with E-state index in [0.29, 0.717) is 18.8 Å². The van der Waals surface area contributed by atoms with Crippen LogP contribution in [-0.2, 0) is 21.5 Å². The van der Waals surface area contributed by atoms with Gasteiger partial charge in [0.25, 0.3) is 0 Å². The molecule has 1 saturated heterocycles. The van der Waals surface area contributed by atoms with E-state index in [1.54, 1.807) is 24.1 Å². The average Bonchev–Trinajstić information content (AvgIpc) is 3.27. The molecule has 0 radical (unpaired) electrons. The Balaban J connectivity index is 1.62. The van der Waals surface area contributed by atoms with Crippen LogP contribution in [0.3, 0.4) is 0 Å². The quantitative estimate of drug-likeness (QED) is 0.788. The fourth-order valence-electron chi connectivity index (χ4n) is 3.22. The fourth-order valence-corrected chi connectivity index (χ4v) is 4.53. The third kappa shape index (κ3) is 4.79. The highest BCUT2D eigenvalue weighted by molar-refractivity contribution is 8.01. The van der Waals surface area contributed by atoms with Gasteiger partial charge in [-0.2, -0.15) is 0 Å². The summed E-state index contributed by atoms with van der Waals surface area (Å²) in [6.45, 7) is 9.26. The van der Waals surface area contributed by atoms with E-state index < -0.39 is 0 Å². The lowest BCUT2D eigenvalue weighted by Crippen LogP contribution is -2.34. The van der Waals surface area contributed by atoms with Crippen LogP contribution in [0.1, 0.15) is 56.4 Å². The minimum absolute atomic E-state index is 0.0469. The summed E-state index contributed by atoms with van der Waals surface area (Å²) in [6, 6.07) is 12.1. The monoisotopic (exact) mass is 400 g/mol. The average molecular weight is 401 g/mol. The molecule has 1 aromatic heterocycles. The van der Waals surface area contributed by atoms with Gasteiger partial charge >= 0.3 is 0 Å². The van der Waals surface area contributed by atoms with Crippen LogP contribution in [0.15, 0.2) is 47.1 Å². The number of nitrogens with one attached hydrogen (secondary N) is 1. The van der Waals surface area contributed by atoms with Gasteiger partial charge in [0, 0.05) is 13.0 Å². The molecule has 2 amide bonds. The van der Waals surface area contributed by atoms with E-state index in [1.165, 1.54) is 5.56 Å². The molecule has 3 rings (SSSR count). The number of thioether (sulfide) groups is 1. The van der Waals surface area contributed by atoms with Crippen LogP contribution in [0.2, 0.25) is 0 Å². The molecule has 5 nitrogen and oxygen atoms in total. The molecule has 1 fully saturated rings. The molecule has 1 aliphatic rings. The van der Waals surface area contributed by atoms with Crippen molar-refractivity contribution in [2.24, 2.45) is 0 Å². The number of carbonyl (C=O) groups is 2. The zero-order valence-electron chi connectivity index (χ0n) is 16.9. The summed E-state index contributed by atoms with van der Waals surface area (Å²) in [6.07, 6.45) is 1.86. The molecule has 2 unspecified atom stereocenters. The largest absolute Gasteiger partial charge is 0.467 e. The third-order valence-corrected chi connectivity index (χ3v) is 6.32. The van der Waals surface area contributed by atoms with Gasteiger partial charge in [0.2, 0.25) is 11.8 Å². The van der Waals surface area contributed by atoms with Crippen molar-refractivity contribution >= 4 is 23.6 Å². The molecule has 1 aliphatic heterocycles. The van der Waals surface area contributed by atoms with Gasteiger partial charge in [-0.05, 0) is 35.6 Å². The number of amides is 2. The topological polar surface area (TPSA) is 62.6 Å². The molecule has 2 atom stereocenters. The Hall–Kier alpha value is -2.21. The molecule has 150 valence electrons. The first kappa shape index (κ1) is 20.5. The molecule has 0 bridgehead atoms. The Kier molecular flexibility index (Phi) is 6.18. The standard InChI is InChI=1S/C22H28N2O3S/c1-15-20(26)24(12-11-19(25)23-14-18-6-5-13-27-18)21(28-15)16-7-9-17(10-8-16)22(2,3)4/h5-10,13,15,21H,11-12,14H2,1-4H3,(H,23,25). The number of benzene rings is 1. The van der Waals surface area contributed by atoms with Crippen molar-refractivity contribution in [3.8, 4) is 0 Å². The van der Waals surface area contributed by atoms with E-state index >= 15 is 0 Å². The second-order valence-electron chi connectivity index (χ2n) is 8.14. The third-order valence-electron chi connectivity index (χ3n) is 4.93. The molecule has 2 aromatic rings. The van der Waals surface area contributed by atoms with Crippen LogP contribution in [0.5, 0.6) is 0 Å². The predicted molar refractivity (Wildman–Crippen MR) is 112 cm³/mol. The highest BCUT2D eigenvalue weighted by Gasteiger charge is 2.38. The van der Waals surface area contributed by atoms with Crippen molar-refractivity contribution in [3.05, 3.63) is 59.5 Å². The van der Waals surface area contributed by atoms with Crippen molar-refractivity contribution in [2.75, 3.05) is 6.54 Å². The molecule has 1 N–H and O–H groups in total. The molecule has 0 saturated carbocycles. The Morgan fingerprint density at radius 3 is 2.54 bits per heavy atom. The lowest BCUT2D eigenvalue weighted by molar-refractivity contribution is -0.130. The molecule has 6 heteroatoms. The maximum atomic E-state index is 12.6. The van der Waals surface area contributed by atoms with Crippen molar-refractivity contribution < 1.29 is 14.0 Å². The zero-order chi connectivity index (χ0) is 20.3. The van der Waals surface area contributed by atoms with Gasteiger partial charge in [0.05, 0.1) is 18.1 Å². The number of hydrogen-bond acceptors (Lipinski definition) is 4. The van der Waals surface area contributed by atoms with Gasteiger partial charge in [-0.3, -0.25) is 9.59 Å². The van der Waals surface area contributed by atoms with Crippen molar-refractivity contribution in [1.29, 1.82) is 0 Å². The van der Waals surface area contributed by atoms with Gasteiger partial charge in [-0.25, -0.2) is 0 Å². The number of carbonyl (C=O) groups excluding carboxylic acids is 2. The zero-order valence-corrected chi connectivity index (χ0v) is 17.7. The maximum Gasteiger partial charge on any atom is 0.236 e. The normalized spacial score (nSPS) is 19.9. The highest BCUT2D eigenvalue weighted by atomic mass is 32.2. The molecule has 0 spiro atoms. The van der Waals surface area contributed by atoms with Crippen molar-refractivity contribution in [2.45, 2.75) is 56.7 Å². The van der Waals surface area contributed by atoms with Gasteiger partial charge in [0.15, 0.2) is 0 Å². The Bertz CT molecular complexity index is 809. The number of rotatable bonds is 6. The van der Waals surface area contributed by atoms with E-state index in [9.17, 15) is 9.59 Å². The summed E-state index contributed by atoms with van der Waals surface area (Å²) in [5, 5.41) is 2.69. The molecule has 2 heterocycles. The second-order valence-corrected chi connectivity index (χ2v) is 9.57. The predicted octanol–water partition coefficient (Wildman–Crippen LogP) is 4.25. The van der Waals surface area contributed by atoms with E-state index in [-0.39, 0.29) is 34.3 Å². The van der Waals surface area contributed by atoms with Crippen molar-refractivity contribution in [3.63, 3.8) is 0 Å². The van der Waals surface area contributed by atoms with E-state index in [4.69, 9.17) is 4.42 Å². The second kappa shape index (κ2) is 8.43. The smallest absolute Gasteiger partial charge is 0.236 e. The summed E-state index contributed by atoms with van der Waals surface area (Å²) >= 11 is 1.64. The highest BCUT2D eigenvalue weighted by Crippen LogP contribution is 2.43. The minimum Gasteiger partial charge on any atom is -0.467 e. The van der Waals surface area contributed by atoms with Crippen LogP contribution in [-0.4, -0.2) is 28.5 Å². The Morgan fingerprint density at radius 1 is 1.21 bits per heavy atom. The van der Waals surface area contributed by atoms with Gasteiger partial charge in [-0.15, -0.1) is 11.8 Å². The van der Waals surface area contributed by atoms with E-state index in [0.717, 1.165) is 5.56 Å². The van der Waals surface area contributed by atoms with Gasteiger partial charge in [-0.1, -0.05) is 45.0 Å². The molecule has 1 aromatic carbocycles. The fraction of sp³-hybridized carbons (Fsp3) is 0.455. The van der Waals surface area contributed by atoms with Gasteiger partial charge < -0.3 is 14.6 Å². The summed E-state index contributed by atoms with van der Waals surface area (Å²) < 4.78 is 5.22. The lowest BCUT2D eigenvalue weighted by atomic mass is 9.86. The van der Waals surface area contributed by atoms with E-state index in [2.05, 4.69) is 50.4 Å². The summed E-state index contributed by atoms with van der Waals surface area (Å²) in [7, 11) is 0. The first-order valence-electron chi connectivity index (χ1n) is 9.61. The van der Waals surface area contributed by atoms with Crippen LogP contribution in [0.4, 0.5) is 0 Å². The van der Waals surface area contributed by atoms with Crippen molar-refractivity contribution in [1.82, 2.24) is 10.2 Å². The molecular formula is C22H28N2O3S. The lowest BCUT2D eigenvalue weighted by Gasteiger charge is -2.25. The SMILES string of the molecule is CC1SC(c2ccc(C(C)(C)C)cc2)N(CCC(=O)NCc2ccco2)C1=O. The summed E-state index contributed by atoms with van der Waals surface area (Å²) in [4.78, 5) is 26.6. The summed E-state index contributed by atoms with van der Waals surface area (Å²) in [5.74, 6) is 0.718. The maximum absolute atomic E-state index is 12.6. The first-order chi connectivity index (χ1) is 13.3. The number of furan rings is 1. The van der Waals surface area contributed by atoms with E-state index in [1.807, 2.05) is 17.9 Å². The number of hydrogen-bond donors (Lipinski definition) is 1. The van der Waals surface area contributed by atoms with Crippen LogP contribution in [0, 0.1) is 0 Å². The van der Waals surface area contributed by atoms with Crippen LogP contribution >= 0.6 is 11.8 Å². The Morgan fingerprint density at radius 2 is 1.93 bits per heavy atom.